The van der Waals surface area contributed by atoms with Crippen molar-refractivity contribution in [2.45, 2.75) is 13.8 Å². The number of rotatable bonds is 7. The van der Waals surface area contributed by atoms with Gasteiger partial charge in [-0.3, -0.25) is 4.79 Å². The van der Waals surface area contributed by atoms with Crippen LogP contribution < -0.4 is 14.8 Å². The van der Waals surface area contributed by atoms with Crippen molar-refractivity contribution >= 4 is 33.4 Å². The Morgan fingerprint density at radius 3 is 2.50 bits per heavy atom. The van der Waals surface area contributed by atoms with Crippen LogP contribution in [0.2, 0.25) is 5.02 Å². The molecule has 0 bridgehead atoms. The summed E-state index contributed by atoms with van der Waals surface area (Å²) >= 11 is 9.34. The molecule has 0 atom stereocenters. The summed E-state index contributed by atoms with van der Waals surface area (Å²) in [5, 5.41) is 3.20. The van der Waals surface area contributed by atoms with Gasteiger partial charge in [0.2, 0.25) is 0 Å². The van der Waals surface area contributed by atoms with Crippen LogP contribution in [0.4, 0.5) is 0 Å². The van der Waals surface area contributed by atoms with Gasteiger partial charge in [-0.15, -0.1) is 0 Å². The first-order valence-corrected chi connectivity index (χ1v) is 8.67. The summed E-state index contributed by atoms with van der Waals surface area (Å²) in [4.78, 5) is 11.8. The van der Waals surface area contributed by atoms with Crippen LogP contribution in [0.1, 0.15) is 11.1 Å². The minimum atomic E-state index is -0.224. The molecule has 0 radical (unpaired) electrons. The predicted molar refractivity (Wildman–Crippen MR) is 99.1 cm³/mol. The van der Waals surface area contributed by atoms with E-state index in [0.29, 0.717) is 23.9 Å². The second kappa shape index (κ2) is 8.94. The van der Waals surface area contributed by atoms with E-state index in [-0.39, 0.29) is 12.5 Å². The molecule has 0 unspecified atom stereocenters. The Morgan fingerprint density at radius 1 is 1.12 bits per heavy atom. The molecule has 0 aliphatic heterocycles. The summed E-state index contributed by atoms with van der Waals surface area (Å²) in [5.74, 6) is 1.05. The van der Waals surface area contributed by atoms with E-state index in [1.165, 1.54) is 0 Å². The Morgan fingerprint density at radius 2 is 1.83 bits per heavy atom. The third-order valence-electron chi connectivity index (χ3n) is 3.14. The summed E-state index contributed by atoms with van der Waals surface area (Å²) in [5.41, 5.74) is 2.29. The quantitative estimate of drug-likeness (QED) is 0.690. The molecule has 0 aliphatic carbocycles. The predicted octanol–water partition coefficient (Wildman–Crippen LogP) is 4.29. The standard InChI is InChI=1S/C18H19BrClNO3/c1-12-7-13(2)9-15(8-12)23-6-5-21-18(22)11-24-17-4-3-14(19)10-16(17)20/h3-4,7-10H,5-6,11H2,1-2H3,(H,21,22). The van der Waals surface area contributed by atoms with Crippen LogP contribution in [0.15, 0.2) is 40.9 Å². The number of halogens is 2. The maximum absolute atomic E-state index is 11.8. The molecule has 128 valence electrons. The van der Waals surface area contributed by atoms with Crippen LogP contribution in [-0.2, 0) is 4.79 Å². The molecule has 1 amide bonds. The fourth-order valence-corrected chi connectivity index (χ4v) is 2.89. The van der Waals surface area contributed by atoms with Gasteiger partial charge in [-0.2, -0.15) is 0 Å². The topological polar surface area (TPSA) is 47.6 Å². The monoisotopic (exact) mass is 411 g/mol. The largest absolute Gasteiger partial charge is 0.492 e. The number of hydrogen-bond acceptors (Lipinski definition) is 3. The number of amides is 1. The highest BCUT2D eigenvalue weighted by Crippen LogP contribution is 2.27. The molecule has 0 fully saturated rings. The van der Waals surface area contributed by atoms with E-state index in [1.807, 2.05) is 26.0 Å². The Hall–Kier alpha value is -1.72. The van der Waals surface area contributed by atoms with Crippen molar-refractivity contribution in [3.05, 3.63) is 57.0 Å². The first-order valence-electron chi connectivity index (χ1n) is 7.49. The number of carbonyl (C=O) groups is 1. The number of nitrogens with one attached hydrogen (secondary N) is 1. The lowest BCUT2D eigenvalue weighted by molar-refractivity contribution is -0.123. The Balaban J connectivity index is 1.69. The summed E-state index contributed by atoms with van der Waals surface area (Å²) in [7, 11) is 0. The molecule has 2 rings (SSSR count). The van der Waals surface area contributed by atoms with Gasteiger partial charge in [0.1, 0.15) is 18.1 Å². The molecule has 0 spiro atoms. The van der Waals surface area contributed by atoms with Crippen molar-refractivity contribution in [2.75, 3.05) is 19.8 Å². The molecule has 0 heterocycles. The van der Waals surface area contributed by atoms with E-state index in [9.17, 15) is 4.79 Å². The third kappa shape index (κ3) is 6.06. The highest BCUT2D eigenvalue weighted by molar-refractivity contribution is 9.10. The SMILES string of the molecule is Cc1cc(C)cc(OCCNC(=O)COc2ccc(Br)cc2Cl)c1. The Kier molecular flexibility index (Phi) is 6.94. The summed E-state index contributed by atoms with van der Waals surface area (Å²) in [6, 6.07) is 11.2. The minimum Gasteiger partial charge on any atom is -0.492 e. The second-order valence-electron chi connectivity index (χ2n) is 5.39. The van der Waals surface area contributed by atoms with Gasteiger partial charge >= 0.3 is 0 Å². The molecule has 1 N–H and O–H groups in total. The van der Waals surface area contributed by atoms with Crippen molar-refractivity contribution < 1.29 is 14.3 Å². The number of aryl methyl sites for hydroxylation is 2. The van der Waals surface area contributed by atoms with Crippen LogP contribution >= 0.6 is 27.5 Å². The van der Waals surface area contributed by atoms with E-state index >= 15 is 0 Å². The second-order valence-corrected chi connectivity index (χ2v) is 6.71. The smallest absolute Gasteiger partial charge is 0.258 e. The zero-order chi connectivity index (χ0) is 17.5. The van der Waals surface area contributed by atoms with Crippen molar-refractivity contribution in [1.82, 2.24) is 5.32 Å². The van der Waals surface area contributed by atoms with E-state index < -0.39 is 0 Å². The van der Waals surface area contributed by atoms with Crippen LogP contribution in [-0.4, -0.2) is 25.7 Å². The van der Waals surface area contributed by atoms with Crippen LogP contribution in [0, 0.1) is 13.8 Å². The lowest BCUT2D eigenvalue weighted by atomic mass is 10.1. The third-order valence-corrected chi connectivity index (χ3v) is 3.93. The molecular formula is C18H19BrClNO3. The van der Waals surface area contributed by atoms with Crippen molar-refractivity contribution in [3.8, 4) is 11.5 Å². The summed E-state index contributed by atoms with van der Waals surface area (Å²) < 4.78 is 11.9. The Bertz CT molecular complexity index is 701. The van der Waals surface area contributed by atoms with Gasteiger partial charge in [-0.1, -0.05) is 33.6 Å². The molecule has 6 heteroatoms. The fraction of sp³-hybridized carbons (Fsp3) is 0.278. The van der Waals surface area contributed by atoms with Crippen LogP contribution in [0.5, 0.6) is 11.5 Å². The molecule has 4 nitrogen and oxygen atoms in total. The maximum atomic E-state index is 11.8. The van der Waals surface area contributed by atoms with Crippen LogP contribution in [0.3, 0.4) is 0 Å². The molecular weight excluding hydrogens is 394 g/mol. The summed E-state index contributed by atoms with van der Waals surface area (Å²) in [6.45, 7) is 4.75. The highest BCUT2D eigenvalue weighted by atomic mass is 79.9. The van der Waals surface area contributed by atoms with Crippen molar-refractivity contribution in [1.29, 1.82) is 0 Å². The molecule has 0 aromatic heterocycles. The lowest BCUT2D eigenvalue weighted by Crippen LogP contribution is -2.32. The molecule has 0 saturated heterocycles. The van der Waals surface area contributed by atoms with Gasteiger partial charge in [0.15, 0.2) is 6.61 Å². The number of ether oxygens (including phenoxy) is 2. The molecule has 2 aromatic carbocycles. The van der Waals surface area contributed by atoms with Gasteiger partial charge in [0.05, 0.1) is 11.6 Å². The molecule has 24 heavy (non-hydrogen) atoms. The van der Waals surface area contributed by atoms with Gasteiger partial charge < -0.3 is 14.8 Å². The van der Waals surface area contributed by atoms with Gasteiger partial charge in [0, 0.05) is 4.47 Å². The van der Waals surface area contributed by atoms with Crippen molar-refractivity contribution in [2.24, 2.45) is 0 Å². The van der Waals surface area contributed by atoms with E-state index in [1.54, 1.807) is 18.2 Å². The Labute approximate surface area is 155 Å². The molecule has 0 aliphatic rings. The maximum Gasteiger partial charge on any atom is 0.258 e. The summed E-state index contributed by atoms with van der Waals surface area (Å²) in [6.07, 6.45) is 0. The van der Waals surface area contributed by atoms with Crippen LogP contribution in [0.25, 0.3) is 0 Å². The van der Waals surface area contributed by atoms with Gasteiger partial charge in [-0.05, 0) is 55.3 Å². The number of hydrogen-bond donors (Lipinski definition) is 1. The van der Waals surface area contributed by atoms with E-state index in [2.05, 4.69) is 27.3 Å². The average molecular weight is 413 g/mol. The zero-order valence-corrected chi connectivity index (χ0v) is 15.9. The first-order chi connectivity index (χ1) is 11.4. The normalized spacial score (nSPS) is 10.3. The zero-order valence-electron chi connectivity index (χ0n) is 13.6. The number of carbonyl (C=O) groups excluding carboxylic acids is 1. The highest BCUT2D eigenvalue weighted by Gasteiger charge is 2.06. The van der Waals surface area contributed by atoms with E-state index in [4.69, 9.17) is 21.1 Å². The fourth-order valence-electron chi connectivity index (χ4n) is 2.16. The molecule has 0 saturated carbocycles. The lowest BCUT2D eigenvalue weighted by Gasteiger charge is -2.10. The van der Waals surface area contributed by atoms with Crippen molar-refractivity contribution in [3.63, 3.8) is 0 Å². The number of benzene rings is 2. The van der Waals surface area contributed by atoms with Gasteiger partial charge in [-0.25, -0.2) is 0 Å². The molecule has 2 aromatic rings. The first kappa shape index (κ1) is 18.6. The minimum absolute atomic E-state index is 0.0924. The average Bonchev–Trinajstić information content (AvgIpc) is 2.50. The van der Waals surface area contributed by atoms with E-state index in [0.717, 1.165) is 21.3 Å². The van der Waals surface area contributed by atoms with Gasteiger partial charge in [0.25, 0.3) is 5.91 Å².